The Labute approximate surface area is 645 Å². The van der Waals surface area contributed by atoms with Crippen molar-refractivity contribution in [1.82, 2.24) is 77.8 Å². The maximum atomic E-state index is 9.78. The molecule has 0 saturated carbocycles. The predicted molar refractivity (Wildman–Crippen MR) is 414 cm³/mol. The van der Waals surface area contributed by atoms with Crippen LogP contribution in [0.2, 0.25) is 15.7 Å². The second-order valence-electron chi connectivity index (χ2n) is 21.6. The third-order valence-electron chi connectivity index (χ3n) is 15.6. The monoisotopic (exact) mass is 1700 g/mol. The van der Waals surface area contributed by atoms with Gasteiger partial charge in [-0.3, -0.25) is 0 Å². The molecule has 2 aliphatic rings. The van der Waals surface area contributed by atoms with Crippen molar-refractivity contribution in [2.24, 2.45) is 0 Å². The van der Waals surface area contributed by atoms with Gasteiger partial charge in [0.1, 0.15) is 66.8 Å². The molecule has 12 aromatic rings. The summed E-state index contributed by atoms with van der Waals surface area (Å²) in [6.45, 7) is 2.26. The number of hydrogen-bond donors (Lipinski definition) is 6. The van der Waals surface area contributed by atoms with Crippen LogP contribution >= 0.6 is 95.0 Å². The molecule has 0 unspecified atom stereocenters. The summed E-state index contributed by atoms with van der Waals surface area (Å²) in [5.74, 6) is 8.28. The van der Waals surface area contributed by atoms with E-state index in [4.69, 9.17) is 98.4 Å². The first-order valence-corrected chi connectivity index (χ1v) is 34.1. The Morgan fingerprint density at radius 3 is 1.30 bits per heavy atom. The van der Waals surface area contributed by atoms with Crippen LogP contribution in [0.5, 0.6) is 51.7 Å². The van der Waals surface area contributed by atoms with Gasteiger partial charge in [0.15, 0.2) is 51.3 Å². The zero-order valence-electron chi connectivity index (χ0n) is 56.2. The van der Waals surface area contributed by atoms with Gasteiger partial charge in [-0.1, -0.05) is 26.5 Å². The molecule has 0 amide bonds. The number of aliphatic hydroxyl groups is 2. The number of imidazole rings is 3. The lowest BCUT2D eigenvalue weighted by Crippen LogP contribution is -2.34. The van der Waals surface area contributed by atoms with Gasteiger partial charge in [0.05, 0.1) is 119 Å². The SMILES string of the molecule is C.C.COc1cc(-n2cnc(N)c2)cc(OC)c1OC.COc1cc(-n2cnc(Nc3nc(Cl)nn4c(Br)ccc34)c2)cc(OC)c1OC.COc1cc(-n2cnc(Nc3nc(N4CCC[C@H]4CO)nn4c(Br)ccc34)c2)cc(OC)c1OC.Cl.Clc1nc(Cl)c2ccc(Br)n2n1.OC[C@@H]1CCCN1. The van der Waals surface area contributed by atoms with Crippen LogP contribution < -0.4 is 69.2 Å². The van der Waals surface area contributed by atoms with Crippen LogP contribution in [0.25, 0.3) is 33.6 Å². The number of nitrogens with zero attached hydrogens (tertiary/aromatic N) is 16. The normalized spacial score (nSPS) is 13.4. The molecule has 0 spiro atoms. The second kappa shape index (κ2) is 38.2. The number of fused-ring (bicyclic) bond motifs is 3. The van der Waals surface area contributed by atoms with Crippen LogP contribution in [0.3, 0.4) is 0 Å². The Balaban J connectivity index is 0.000000196. The first kappa shape index (κ1) is 82.3. The summed E-state index contributed by atoms with van der Waals surface area (Å²) in [4.78, 5) is 27.8. The molecular formula is C66H79Br3Cl4N20O11. The highest BCUT2D eigenvalue weighted by atomic mass is 79.9. The molecule has 9 aromatic heterocycles. The number of halogens is 7. The maximum absolute atomic E-state index is 9.78. The quantitative estimate of drug-likeness (QED) is 0.0438. The molecule has 38 heteroatoms. The lowest BCUT2D eigenvalue weighted by atomic mass is 10.2. The van der Waals surface area contributed by atoms with Crippen molar-refractivity contribution < 1.29 is 52.8 Å². The first-order chi connectivity index (χ1) is 48.9. The van der Waals surface area contributed by atoms with Gasteiger partial charge < -0.3 is 93.1 Å². The van der Waals surface area contributed by atoms with Crippen molar-refractivity contribution in [3.8, 4) is 68.8 Å². The van der Waals surface area contributed by atoms with E-state index in [2.05, 4.69) is 98.9 Å². The molecule has 3 aromatic carbocycles. The molecule has 2 atom stereocenters. The smallest absolute Gasteiger partial charge is 0.246 e. The number of ether oxygens (including phenoxy) is 9. The Morgan fingerprint density at radius 1 is 0.510 bits per heavy atom. The molecule has 104 heavy (non-hydrogen) atoms. The minimum absolute atomic E-state index is 0. The third kappa shape index (κ3) is 18.9. The molecule has 0 aliphatic carbocycles. The molecule has 2 aliphatic heterocycles. The summed E-state index contributed by atoms with van der Waals surface area (Å²) in [5, 5.41) is 41.3. The lowest BCUT2D eigenvalue weighted by molar-refractivity contribution is 0.255. The summed E-state index contributed by atoms with van der Waals surface area (Å²) >= 11 is 27.7. The number of nitrogen functional groups attached to an aromatic ring is 1. The van der Waals surface area contributed by atoms with Gasteiger partial charge in [-0.15, -0.1) is 27.7 Å². The van der Waals surface area contributed by atoms with E-state index in [-0.39, 0.29) is 50.5 Å². The zero-order chi connectivity index (χ0) is 72.0. The Morgan fingerprint density at radius 2 is 0.913 bits per heavy atom. The molecule has 2 fully saturated rings. The van der Waals surface area contributed by atoms with E-state index >= 15 is 0 Å². The third-order valence-corrected chi connectivity index (χ3v) is 18.0. The van der Waals surface area contributed by atoms with Crippen molar-refractivity contribution >= 4 is 147 Å². The number of hydrogen-bond acceptors (Lipinski definition) is 25. The minimum atomic E-state index is 0. The average Bonchev–Trinajstić information content (AvgIpc) is 1.68. The predicted octanol–water partition coefficient (Wildman–Crippen LogP) is 13.2. The molecule has 2 saturated heterocycles. The van der Waals surface area contributed by atoms with Gasteiger partial charge in [0, 0.05) is 49.0 Å². The highest BCUT2D eigenvalue weighted by Crippen LogP contribution is 2.42. The number of benzene rings is 3. The molecule has 0 bridgehead atoms. The topological polar surface area (TPSA) is 333 Å². The molecule has 11 heterocycles. The van der Waals surface area contributed by atoms with E-state index in [1.807, 2.05) is 99.2 Å². The standard InChI is InChI=1S/C23H26BrN7O4.C18H16BrClN6O3.C12H15N3O3.C6H2BrCl2N3.C5H11NO.2CH4.ClH/c1-33-17-9-15(10-18(34-2)21(17)35-3)29-11-20(25-13-29)26-22-16-6-7-19(24)31(16)28-23(27-22)30-8-4-5-14(30)12-32;1-27-12-6-10(7-13(28-2)16(12)29-3)25-8-15(21-9-25)22-17-11-4-5-14(19)26(11)24-18(20)23-17;1-16-9-4-8(15-6-11(13)14-7-15)5-10(17-2)12(9)18-3;7-4-2-1-3-5(8)10-6(9)11-12(3)4;7-4-5-2-1-3-6-5;;;/h6-7,9-11,13-14,32H,4-5,8,12H2,1-3H3,(H,26,27,28);4-9H,1-3H3,(H,22,23,24);4-7H,13H2,1-3H3;1-2H;5-7H,1-4H2;2*1H4;1H/t14-;;;;5-;;;/m0...0.../s1. The summed E-state index contributed by atoms with van der Waals surface area (Å²) in [5.41, 5.74) is 10.3. The fourth-order valence-corrected chi connectivity index (χ4v) is 12.5. The van der Waals surface area contributed by atoms with Crippen molar-refractivity contribution in [3.63, 3.8) is 0 Å². The van der Waals surface area contributed by atoms with Crippen molar-refractivity contribution in [2.75, 3.05) is 112 Å². The zero-order valence-corrected chi connectivity index (χ0v) is 64.0. The van der Waals surface area contributed by atoms with E-state index in [1.165, 1.54) is 6.42 Å². The number of methoxy groups -OCH3 is 9. The van der Waals surface area contributed by atoms with Gasteiger partial charge in [-0.05, 0) is 140 Å². The molecule has 7 N–H and O–H groups in total. The maximum Gasteiger partial charge on any atom is 0.246 e. The van der Waals surface area contributed by atoms with Gasteiger partial charge in [-0.25, -0.2) is 33.5 Å². The highest BCUT2D eigenvalue weighted by Gasteiger charge is 2.28. The minimum Gasteiger partial charge on any atom is -0.493 e. The van der Waals surface area contributed by atoms with Crippen molar-refractivity contribution in [1.29, 1.82) is 0 Å². The van der Waals surface area contributed by atoms with E-state index in [9.17, 15) is 5.11 Å². The second-order valence-corrected chi connectivity index (χ2v) is 25.1. The summed E-state index contributed by atoms with van der Waals surface area (Å²) in [6, 6.07) is 22.6. The summed E-state index contributed by atoms with van der Waals surface area (Å²) in [7, 11) is 14.1. The number of aliphatic hydroxyl groups excluding tert-OH is 2. The van der Waals surface area contributed by atoms with Gasteiger partial charge in [-0.2, -0.15) is 9.97 Å². The van der Waals surface area contributed by atoms with Crippen LogP contribution in [0.15, 0.2) is 124 Å². The van der Waals surface area contributed by atoms with Crippen LogP contribution in [0.1, 0.15) is 40.5 Å². The fraction of sp³-hybridized carbons (Fsp3) is 0.318. The molecule has 14 rings (SSSR count). The van der Waals surface area contributed by atoms with E-state index in [1.54, 1.807) is 107 Å². The molecule has 31 nitrogen and oxygen atoms in total. The van der Waals surface area contributed by atoms with Crippen LogP contribution in [0, 0.1) is 0 Å². The number of aromatic nitrogens is 15. The number of anilines is 6. The van der Waals surface area contributed by atoms with E-state index < -0.39 is 0 Å². The molecule has 0 radical (unpaired) electrons. The van der Waals surface area contributed by atoms with Gasteiger partial charge >= 0.3 is 0 Å². The van der Waals surface area contributed by atoms with Crippen molar-refractivity contribution in [2.45, 2.75) is 52.6 Å². The van der Waals surface area contributed by atoms with Gasteiger partial charge in [0.25, 0.3) is 0 Å². The lowest BCUT2D eigenvalue weighted by Gasteiger charge is -2.23. The van der Waals surface area contributed by atoms with Crippen LogP contribution in [0.4, 0.5) is 35.0 Å². The van der Waals surface area contributed by atoms with Crippen LogP contribution in [-0.2, 0) is 0 Å². The summed E-state index contributed by atoms with van der Waals surface area (Å²) < 4.78 is 61.2. The summed E-state index contributed by atoms with van der Waals surface area (Å²) in [6.07, 6.45) is 14.6. The Hall–Kier alpha value is -8.97. The fourth-order valence-electron chi connectivity index (χ4n) is 10.7. The van der Waals surface area contributed by atoms with Crippen molar-refractivity contribution in [3.05, 3.63) is 140 Å². The van der Waals surface area contributed by atoms with Gasteiger partial charge in [0.2, 0.25) is 33.8 Å². The molecule has 558 valence electrons. The van der Waals surface area contributed by atoms with E-state index in [0.717, 1.165) is 79.8 Å². The first-order valence-electron chi connectivity index (χ1n) is 30.6. The average molecular weight is 1710 g/mol. The van der Waals surface area contributed by atoms with E-state index in [0.29, 0.717) is 105 Å². The Bertz CT molecular complexity index is 4730. The number of rotatable bonds is 19. The Kier molecular flexibility index (Phi) is 30.2. The van der Waals surface area contributed by atoms with Crippen LogP contribution in [-0.4, -0.2) is 185 Å². The number of nitrogens with one attached hydrogen (secondary N) is 3. The molecular weight excluding hydrogens is 1630 g/mol. The largest absolute Gasteiger partial charge is 0.493 e. The highest BCUT2D eigenvalue weighted by molar-refractivity contribution is 9.11. The number of nitrogens with two attached hydrogens (primary N) is 1.